The summed E-state index contributed by atoms with van der Waals surface area (Å²) in [6, 6.07) is 29.7. The number of carbonyl (C=O) groups excluding carboxylic acids is 1. The molecule has 0 fully saturated rings. The van der Waals surface area contributed by atoms with Crippen LogP contribution in [0.1, 0.15) is 16.7 Å². The minimum absolute atomic E-state index is 0.154. The second-order valence-electron chi connectivity index (χ2n) is 7.37. The summed E-state index contributed by atoms with van der Waals surface area (Å²) in [6.45, 7) is 0.497. The van der Waals surface area contributed by atoms with Crippen molar-refractivity contribution in [3.63, 3.8) is 0 Å². The van der Waals surface area contributed by atoms with Gasteiger partial charge in [0.05, 0.1) is 12.0 Å². The van der Waals surface area contributed by atoms with Gasteiger partial charge in [0, 0.05) is 10.8 Å². The van der Waals surface area contributed by atoms with Gasteiger partial charge in [0.25, 0.3) is 0 Å². The van der Waals surface area contributed by atoms with Crippen molar-refractivity contribution in [3.05, 3.63) is 113 Å². The minimum Gasteiger partial charge on any atom is -0.489 e. The SMILES string of the molecule is O=C(CSCc1ccccc1Cl)N/N=C/c1ccc(OCc2cccc3ccccc23)cc1. The fraction of sp³-hybridized carbons (Fsp3) is 0.111. The van der Waals surface area contributed by atoms with Crippen LogP contribution in [-0.2, 0) is 17.2 Å². The van der Waals surface area contributed by atoms with Gasteiger partial charge in [-0.3, -0.25) is 4.79 Å². The molecule has 0 atom stereocenters. The Morgan fingerprint density at radius 2 is 1.64 bits per heavy atom. The number of ether oxygens (including phenoxy) is 1. The maximum atomic E-state index is 12.0. The first-order valence-corrected chi connectivity index (χ1v) is 12.0. The molecule has 4 rings (SSSR count). The van der Waals surface area contributed by atoms with Crippen molar-refractivity contribution < 1.29 is 9.53 Å². The van der Waals surface area contributed by atoms with Crippen molar-refractivity contribution >= 4 is 46.3 Å². The summed E-state index contributed by atoms with van der Waals surface area (Å²) in [6.07, 6.45) is 1.62. The van der Waals surface area contributed by atoms with Crippen LogP contribution in [0.4, 0.5) is 0 Å². The second-order valence-corrected chi connectivity index (χ2v) is 8.77. The van der Waals surface area contributed by atoms with E-state index in [2.05, 4.69) is 34.8 Å². The Morgan fingerprint density at radius 1 is 0.909 bits per heavy atom. The lowest BCUT2D eigenvalue weighted by Gasteiger charge is -2.09. The molecular formula is C27H23ClN2O2S. The average molecular weight is 475 g/mol. The monoisotopic (exact) mass is 474 g/mol. The molecular weight excluding hydrogens is 452 g/mol. The summed E-state index contributed by atoms with van der Waals surface area (Å²) in [4.78, 5) is 12.0. The maximum absolute atomic E-state index is 12.0. The zero-order valence-electron chi connectivity index (χ0n) is 17.9. The third-order valence-corrected chi connectivity index (χ3v) is 6.36. The van der Waals surface area contributed by atoms with Crippen molar-refractivity contribution in [2.75, 3.05) is 5.75 Å². The first-order chi connectivity index (χ1) is 16.2. The lowest BCUT2D eigenvalue weighted by atomic mass is 10.1. The van der Waals surface area contributed by atoms with E-state index in [9.17, 15) is 4.79 Å². The maximum Gasteiger partial charge on any atom is 0.250 e. The van der Waals surface area contributed by atoms with Crippen molar-refractivity contribution in [2.45, 2.75) is 12.4 Å². The van der Waals surface area contributed by atoms with Gasteiger partial charge < -0.3 is 4.74 Å². The summed E-state index contributed by atoms with van der Waals surface area (Å²) >= 11 is 7.62. The molecule has 1 amide bonds. The third-order valence-electron chi connectivity index (χ3n) is 5.01. The Morgan fingerprint density at radius 3 is 2.48 bits per heavy atom. The van der Waals surface area contributed by atoms with E-state index in [1.165, 1.54) is 22.5 Å². The first kappa shape index (κ1) is 22.9. The highest BCUT2D eigenvalue weighted by Crippen LogP contribution is 2.22. The third kappa shape index (κ3) is 6.60. The fourth-order valence-corrected chi connectivity index (χ4v) is 4.42. The van der Waals surface area contributed by atoms with Crippen LogP contribution in [0.25, 0.3) is 10.8 Å². The topological polar surface area (TPSA) is 50.7 Å². The van der Waals surface area contributed by atoms with Gasteiger partial charge in [-0.15, -0.1) is 11.8 Å². The number of hydrogen-bond donors (Lipinski definition) is 1. The first-order valence-electron chi connectivity index (χ1n) is 10.5. The smallest absolute Gasteiger partial charge is 0.250 e. The van der Waals surface area contributed by atoms with Crippen LogP contribution in [0.15, 0.2) is 96.1 Å². The molecule has 4 nitrogen and oxygen atoms in total. The van der Waals surface area contributed by atoms with Crippen molar-refractivity contribution in [1.82, 2.24) is 5.43 Å². The normalized spacial score (nSPS) is 11.1. The van der Waals surface area contributed by atoms with Gasteiger partial charge in [-0.05, 0) is 57.8 Å². The van der Waals surface area contributed by atoms with Crippen LogP contribution in [0.3, 0.4) is 0 Å². The number of fused-ring (bicyclic) bond motifs is 1. The molecule has 166 valence electrons. The Hall–Kier alpha value is -3.28. The van der Waals surface area contributed by atoms with Gasteiger partial charge in [-0.25, -0.2) is 5.43 Å². The fourth-order valence-electron chi connectivity index (χ4n) is 3.31. The van der Waals surface area contributed by atoms with E-state index in [0.29, 0.717) is 23.1 Å². The summed E-state index contributed by atoms with van der Waals surface area (Å²) < 4.78 is 5.96. The van der Waals surface area contributed by atoms with Gasteiger partial charge in [-0.2, -0.15) is 5.10 Å². The molecule has 0 saturated heterocycles. The number of nitrogens with one attached hydrogen (secondary N) is 1. The molecule has 1 N–H and O–H groups in total. The van der Waals surface area contributed by atoms with Gasteiger partial charge in [0.1, 0.15) is 12.4 Å². The lowest BCUT2D eigenvalue weighted by molar-refractivity contribution is -0.118. The van der Waals surface area contributed by atoms with Crippen molar-refractivity contribution in [1.29, 1.82) is 0 Å². The van der Waals surface area contributed by atoms with Crippen LogP contribution in [-0.4, -0.2) is 17.9 Å². The number of benzene rings is 4. The number of carbonyl (C=O) groups is 1. The van der Waals surface area contributed by atoms with E-state index < -0.39 is 0 Å². The van der Waals surface area contributed by atoms with E-state index in [1.807, 2.05) is 66.7 Å². The number of nitrogens with zero attached hydrogens (tertiary/aromatic N) is 1. The standard InChI is InChI=1S/C27H23ClN2O2S/c28-26-11-4-2-7-23(26)18-33-19-27(31)30-29-16-20-12-14-24(15-13-20)32-17-22-9-5-8-21-6-1-3-10-25(21)22/h1-16H,17-19H2,(H,30,31)/b29-16+. The predicted octanol–water partition coefficient (Wildman–Crippen LogP) is 6.46. The Labute approximate surface area is 202 Å². The number of rotatable bonds is 9. The van der Waals surface area contributed by atoms with Crippen LogP contribution < -0.4 is 10.2 Å². The van der Waals surface area contributed by atoms with E-state index in [-0.39, 0.29) is 5.91 Å². The van der Waals surface area contributed by atoms with Crippen molar-refractivity contribution in [2.24, 2.45) is 5.10 Å². The average Bonchev–Trinajstić information content (AvgIpc) is 2.85. The quantitative estimate of drug-likeness (QED) is 0.224. The van der Waals surface area contributed by atoms with Gasteiger partial charge in [0.2, 0.25) is 5.91 Å². The molecule has 0 aliphatic heterocycles. The number of thioether (sulfide) groups is 1. The second kappa shape index (κ2) is 11.5. The summed E-state index contributed by atoms with van der Waals surface area (Å²) in [5, 5.41) is 7.15. The highest BCUT2D eigenvalue weighted by Gasteiger charge is 2.04. The Bertz CT molecular complexity index is 1250. The highest BCUT2D eigenvalue weighted by molar-refractivity contribution is 7.99. The van der Waals surface area contributed by atoms with Crippen LogP contribution in [0.2, 0.25) is 5.02 Å². The molecule has 4 aromatic rings. The van der Waals surface area contributed by atoms with Gasteiger partial charge in [0.15, 0.2) is 0 Å². The van der Waals surface area contributed by atoms with E-state index in [4.69, 9.17) is 16.3 Å². The van der Waals surface area contributed by atoms with Gasteiger partial charge >= 0.3 is 0 Å². The van der Waals surface area contributed by atoms with Crippen LogP contribution in [0, 0.1) is 0 Å². The number of hydrazone groups is 1. The number of amides is 1. The Kier molecular flexibility index (Phi) is 8.01. The number of hydrogen-bond acceptors (Lipinski definition) is 4. The minimum atomic E-state index is -0.154. The zero-order valence-corrected chi connectivity index (χ0v) is 19.5. The summed E-state index contributed by atoms with van der Waals surface area (Å²) in [7, 11) is 0. The molecule has 0 aliphatic carbocycles. The molecule has 6 heteroatoms. The molecule has 0 bridgehead atoms. The van der Waals surface area contributed by atoms with Gasteiger partial charge in [-0.1, -0.05) is 72.3 Å². The molecule has 0 aliphatic rings. The highest BCUT2D eigenvalue weighted by atomic mass is 35.5. The largest absolute Gasteiger partial charge is 0.489 e. The zero-order chi connectivity index (χ0) is 22.9. The molecule has 33 heavy (non-hydrogen) atoms. The molecule has 0 aromatic heterocycles. The molecule has 0 unspecified atom stereocenters. The van der Waals surface area contributed by atoms with E-state index >= 15 is 0 Å². The molecule has 0 heterocycles. The Balaban J connectivity index is 1.22. The summed E-state index contributed by atoms with van der Waals surface area (Å²) in [5.74, 6) is 1.61. The predicted molar refractivity (Wildman–Crippen MR) is 138 cm³/mol. The summed E-state index contributed by atoms with van der Waals surface area (Å²) in [5.41, 5.74) is 5.59. The van der Waals surface area contributed by atoms with Crippen molar-refractivity contribution in [3.8, 4) is 5.75 Å². The lowest BCUT2D eigenvalue weighted by Crippen LogP contribution is -2.19. The van der Waals surface area contributed by atoms with Crippen LogP contribution >= 0.6 is 23.4 Å². The van der Waals surface area contributed by atoms with E-state index in [0.717, 1.165) is 22.4 Å². The molecule has 0 radical (unpaired) electrons. The number of halogens is 1. The molecule has 4 aromatic carbocycles. The van der Waals surface area contributed by atoms with Crippen LogP contribution in [0.5, 0.6) is 5.75 Å². The molecule has 0 spiro atoms. The van der Waals surface area contributed by atoms with E-state index in [1.54, 1.807) is 6.21 Å². The molecule has 0 saturated carbocycles.